The van der Waals surface area contributed by atoms with Gasteiger partial charge < -0.3 is 20.6 Å². The number of thioether (sulfide) groups is 1. The molecule has 3 rings (SSSR count). The molecule has 2 bridgehead atoms. The number of aliphatic hydroxyl groups excluding tert-OH is 1. The highest BCUT2D eigenvalue weighted by Gasteiger charge is 2.76. The first-order chi connectivity index (χ1) is 13.1. The van der Waals surface area contributed by atoms with Gasteiger partial charge in [-0.25, -0.2) is 0 Å². The molecule has 28 heavy (non-hydrogen) atoms. The third kappa shape index (κ3) is 3.08. The molecule has 0 radical (unpaired) electrons. The van der Waals surface area contributed by atoms with E-state index < -0.39 is 28.7 Å². The van der Waals surface area contributed by atoms with Crippen molar-refractivity contribution in [3.8, 4) is 0 Å². The number of amides is 3. The van der Waals surface area contributed by atoms with Crippen molar-refractivity contribution >= 4 is 45.4 Å². The number of carbonyl (C=O) groups excluding carboxylic acids is 3. The van der Waals surface area contributed by atoms with Gasteiger partial charge in [0.25, 0.3) is 0 Å². The third-order valence-electron chi connectivity index (χ3n) is 6.27. The van der Waals surface area contributed by atoms with Crippen LogP contribution in [0.1, 0.15) is 34.1 Å². The number of nitrogens with zero attached hydrogens (tertiary/aromatic N) is 1. The molecule has 3 N–H and O–H groups in total. The SMILES string of the molecule is CNC(=O)[C@H]1[C@@H]2SC3(CC2Br)C(C(=O)NC(C)C)N([C@@H](CO)C(C)C)C(=O)[C@H]13. The van der Waals surface area contributed by atoms with Crippen molar-refractivity contribution < 1.29 is 19.5 Å². The predicted octanol–water partition coefficient (Wildman–Crippen LogP) is 0.738. The Balaban J connectivity index is 2.12. The molecule has 9 heteroatoms. The number of rotatable bonds is 6. The standard InChI is InChI=1S/C19H30BrN3O4S/c1-8(2)11(7-24)23-15(17(26)22-9(3)4)19-6-10(20)14(28-19)12(16(25)21-5)13(19)18(23)27/h8-15,24H,6-7H2,1-5H3,(H,21,25)(H,22,26)/t10?,11-,12+,13-,14+,15?,19?/m0/s1. The number of aliphatic hydroxyl groups is 1. The minimum absolute atomic E-state index is 0.0149. The first-order valence-electron chi connectivity index (χ1n) is 9.87. The summed E-state index contributed by atoms with van der Waals surface area (Å²) in [5, 5.41) is 15.7. The lowest BCUT2D eigenvalue weighted by molar-refractivity contribution is -0.143. The number of hydrogen-bond donors (Lipinski definition) is 3. The second-order valence-corrected chi connectivity index (χ2v) is 11.4. The topological polar surface area (TPSA) is 98.7 Å². The smallest absolute Gasteiger partial charge is 0.244 e. The van der Waals surface area contributed by atoms with Crippen LogP contribution in [0, 0.1) is 17.8 Å². The van der Waals surface area contributed by atoms with E-state index in [1.54, 1.807) is 23.7 Å². The second-order valence-electron chi connectivity index (χ2n) is 8.68. The van der Waals surface area contributed by atoms with Crippen molar-refractivity contribution in [1.82, 2.24) is 15.5 Å². The average molecular weight is 476 g/mol. The number of carbonyl (C=O) groups is 3. The molecule has 3 amide bonds. The molecule has 3 unspecified atom stereocenters. The Labute approximate surface area is 178 Å². The van der Waals surface area contributed by atoms with Crippen LogP contribution in [-0.2, 0) is 14.4 Å². The zero-order valence-corrected chi connectivity index (χ0v) is 19.3. The zero-order valence-electron chi connectivity index (χ0n) is 16.9. The van der Waals surface area contributed by atoms with Crippen molar-refractivity contribution in [1.29, 1.82) is 0 Å². The number of fused-ring (bicyclic) bond motifs is 1. The lowest BCUT2D eigenvalue weighted by atomic mass is 9.70. The Morgan fingerprint density at radius 1 is 1.32 bits per heavy atom. The van der Waals surface area contributed by atoms with Crippen LogP contribution < -0.4 is 10.6 Å². The molecule has 3 saturated heterocycles. The Hall–Kier alpha value is -0.800. The summed E-state index contributed by atoms with van der Waals surface area (Å²) in [6, 6.07) is -1.23. The summed E-state index contributed by atoms with van der Waals surface area (Å²) in [5.41, 5.74) is 0. The minimum atomic E-state index is -0.698. The average Bonchev–Trinajstić information content (AvgIpc) is 3.18. The number of halogens is 1. The van der Waals surface area contributed by atoms with Gasteiger partial charge in [0, 0.05) is 23.2 Å². The maximum atomic E-state index is 13.6. The Kier molecular flexibility index (Phi) is 6.10. The lowest BCUT2D eigenvalue weighted by Crippen LogP contribution is -2.58. The predicted molar refractivity (Wildman–Crippen MR) is 112 cm³/mol. The molecule has 3 heterocycles. The van der Waals surface area contributed by atoms with E-state index in [-0.39, 0.29) is 46.4 Å². The summed E-state index contributed by atoms with van der Waals surface area (Å²) in [7, 11) is 1.58. The Morgan fingerprint density at radius 3 is 2.46 bits per heavy atom. The van der Waals surface area contributed by atoms with Crippen LogP contribution in [0.5, 0.6) is 0 Å². The molecule has 0 aliphatic carbocycles. The number of hydrogen-bond acceptors (Lipinski definition) is 5. The van der Waals surface area contributed by atoms with Crippen molar-refractivity contribution in [3.05, 3.63) is 0 Å². The molecule has 1 spiro atoms. The highest BCUT2D eigenvalue weighted by molar-refractivity contribution is 9.09. The van der Waals surface area contributed by atoms with Gasteiger partial charge in [0.1, 0.15) is 6.04 Å². The first kappa shape index (κ1) is 21.9. The van der Waals surface area contributed by atoms with Gasteiger partial charge in [0.05, 0.1) is 29.2 Å². The minimum Gasteiger partial charge on any atom is -0.394 e. The molecule has 7 atom stereocenters. The maximum Gasteiger partial charge on any atom is 0.244 e. The van der Waals surface area contributed by atoms with Crippen LogP contribution in [0.3, 0.4) is 0 Å². The quantitative estimate of drug-likeness (QED) is 0.492. The largest absolute Gasteiger partial charge is 0.394 e. The van der Waals surface area contributed by atoms with Crippen molar-refractivity contribution in [2.24, 2.45) is 17.8 Å². The van der Waals surface area contributed by atoms with Crippen molar-refractivity contribution in [2.45, 2.75) is 67.1 Å². The van der Waals surface area contributed by atoms with Gasteiger partial charge in [-0.05, 0) is 26.2 Å². The van der Waals surface area contributed by atoms with Gasteiger partial charge in [0.15, 0.2) is 0 Å². The van der Waals surface area contributed by atoms with Gasteiger partial charge in [-0.1, -0.05) is 29.8 Å². The normalized spacial score (nSPS) is 37.5. The molecular formula is C19H30BrN3O4S. The third-order valence-corrected chi connectivity index (χ3v) is 9.49. The molecule has 3 aliphatic rings. The summed E-state index contributed by atoms with van der Waals surface area (Å²) >= 11 is 5.31. The molecule has 0 saturated carbocycles. The fourth-order valence-electron chi connectivity index (χ4n) is 5.17. The fourth-order valence-corrected chi connectivity index (χ4v) is 8.77. The number of alkyl halides is 1. The van der Waals surface area contributed by atoms with E-state index in [1.807, 2.05) is 27.7 Å². The van der Waals surface area contributed by atoms with Crippen LogP contribution in [0.2, 0.25) is 0 Å². The fraction of sp³-hybridized carbons (Fsp3) is 0.842. The van der Waals surface area contributed by atoms with E-state index in [4.69, 9.17) is 0 Å². The molecule has 0 aromatic rings. The van der Waals surface area contributed by atoms with E-state index in [1.165, 1.54) is 0 Å². The van der Waals surface area contributed by atoms with Crippen LogP contribution in [0.15, 0.2) is 0 Å². The maximum absolute atomic E-state index is 13.6. The van der Waals surface area contributed by atoms with Gasteiger partial charge in [0.2, 0.25) is 17.7 Å². The van der Waals surface area contributed by atoms with Gasteiger partial charge >= 0.3 is 0 Å². The van der Waals surface area contributed by atoms with Crippen molar-refractivity contribution in [2.75, 3.05) is 13.7 Å². The van der Waals surface area contributed by atoms with Crippen LogP contribution in [0.4, 0.5) is 0 Å². The number of likely N-dealkylation sites (tertiary alicyclic amines) is 1. The summed E-state index contributed by atoms with van der Waals surface area (Å²) in [6.45, 7) is 7.44. The molecule has 0 aromatic carbocycles. The van der Waals surface area contributed by atoms with E-state index in [9.17, 15) is 19.5 Å². The molecule has 7 nitrogen and oxygen atoms in total. The zero-order chi connectivity index (χ0) is 21.0. The van der Waals surface area contributed by atoms with Gasteiger partial charge in [-0.3, -0.25) is 14.4 Å². The van der Waals surface area contributed by atoms with Crippen molar-refractivity contribution in [3.63, 3.8) is 0 Å². The second kappa shape index (κ2) is 7.80. The molecule has 3 fully saturated rings. The van der Waals surface area contributed by atoms with Gasteiger partial charge in [-0.2, -0.15) is 0 Å². The summed E-state index contributed by atoms with van der Waals surface area (Å²) in [5.74, 6) is -1.58. The Morgan fingerprint density at radius 2 is 1.96 bits per heavy atom. The highest BCUT2D eigenvalue weighted by Crippen LogP contribution is 2.68. The van der Waals surface area contributed by atoms with Crippen LogP contribution >= 0.6 is 27.7 Å². The molecule has 0 aromatic heterocycles. The van der Waals surface area contributed by atoms with Gasteiger partial charge in [-0.15, -0.1) is 11.8 Å². The van der Waals surface area contributed by atoms with E-state index >= 15 is 0 Å². The summed E-state index contributed by atoms with van der Waals surface area (Å²) in [4.78, 5) is 41.3. The number of nitrogens with one attached hydrogen (secondary N) is 2. The van der Waals surface area contributed by atoms with E-state index in [2.05, 4.69) is 26.6 Å². The lowest BCUT2D eigenvalue weighted by Gasteiger charge is -2.39. The first-order valence-corrected chi connectivity index (χ1v) is 11.7. The van der Waals surface area contributed by atoms with E-state index in [0.717, 1.165) is 0 Å². The summed E-state index contributed by atoms with van der Waals surface area (Å²) in [6.07, 6.45) is 0.648. The van der Waals surface area contributed by atoms with Crippen LogP contribution in [0.25, 0.3) is 0 Å². The highest BCUT2D eigenvalue weighted by atomic mass is 79.9. The van der Waals surface area contributed by atoms with Crippen LogP contribution in [-0.4, -0.2) is 74.3 Å². The Bertz CT molecular complexity index is 676. The summed E-state index contributed by atoms with van der Waals surface area (Å²) < 4.78 is -0.658. The molecular weight excluding hydrogens is 446 g/mol. The molecule has 158 valence electrons. The monoisotopic (exact) mass is 475 g/mol. The molecule has 3 aliphatic heterocycles. The van der Waals surface area contributed by atoms with E-state index in [0.29, 0.717) is 6.42 Å².